The van der Waals surface area contributed by atoms with Gasteiger partial charge in [-0.1, -0.05) is 116 Å². The third kappa shape index (κ3) is 6.39. The number of benzene rings is 8. The number of aromatic nitrogens is 1. The fourth-order valence-electron chi connectivity index (χ4n) is 11.8. The smallest absolute Gasteiger partial charge is 0.0562 e. The number of rotatable bonds is 8. The summed E-state index contributed by atoms with van der Waals surface area (Å²) in [5, 5.41) is 2.57. The fraction of sp³-hybridized carbons (Fsp3) is 0.200. The molecule has 1 saturated carbocycles. The lowest BCUT2D eigenvalue weighted by atomic mass is 9.76. The standard InChI is InChI=1S/C60H53N3/c1-42-38-54-53-24-14-15-25-57(53)63(49-22-12-5-13-23-49)59(54)41-58(42)62(50-30-26-44(27-31-50)43-16-6-2-7-17-43)52-33-29-46-35-37-60(56(46)40-52)36-34-45-28-32-51(39-55(45)60)61(47-18-8-3-9-19-47)48-20-10-4-11-21-48/h3-5,8-15,18-33,38-41,43H,2,6-7,16-17,34-37H2,1H3/t60-/m1/s1. The van der Waals surface area contributed by atoms with E-state index < -0.39 is 0 Å². The van der Waals surface area contributed by atoms with Gasteiger partial charge >= 0.3 is 0 Å². The Morgan fingerprint density at radius 3 is 1.63 bits per heavy atom. The highest BCUT2D eigenvalue weighted by Gasteiger charge is 2.45. The van der Waals surface area contributed by atoms with Crippen LogP contribution in [0.3, 0.4) is 0 Å². The number of hydrogen-bond acceptors (Lipinski definition) is 2. The first-order chi connectivity index (χ1) is 31.1. The van der Waals surface area contributed by atoms with Gasteiger partial charge in [0.1, 0.15) is 0 Å². The average Bonchev–Trinajstić information content (AvgIpc) is 4.01. The maximum atomic E-state index is 2.59. The molecule has 308 valence electrons. The fourth-order valence-corrected chi connectivity index (χ4v) is 11.8. The second kappa shape index (κ2) is 15.5. The molecule has 0 saturated heterocycles. The van der Waals surface area contributed by atoms with E-state index in [0.717, 1.165) is 25.7 Å². The van der Waals surface area contributed by atoms with Crippen molar-refractivity contribution in [2.45, 2.75) is 76.0 Å². The molecule has 0 N–H and O–H groups in total. The van der Waals surface area contributed by atoms with E-state index in [2.05, 4.69) is 209 Å². The topological polar surface area (TPSA) is 11.4 Å². The molecule has 0 amide bonds. The Bertz CT molecular complexity index is 3060. The van der Waals surface area contributed by atoms with Crippen molar-refractivity contribution in [3.63, 3.8) is 0 Å². The molecule has 8 aromatic carbocycles. The van der Waals surface area contributed by atoms with Gasteiger partial charge < -0.3 is 14.4 Å². The van der Waals surface area contributed by atoms with Gasteiger partial charge in [0.25, 0.3) is 0 Å². The van der Waals surface area contributed by atoms with Gasteiger partial charge in [-0.05, 0) is 176 Å². The summed E-state index contributed by atoms with van der Waals surface area (Å²) in [6.45, 7) is 2.31. The SMILES string of the molecule is Cc1cc2c3ccccc3n(-c3ccccc3)c2cc1N(c1ccc(C2CCCCC2)cc1)c1ccc2c(c1)[C@]1(CCc3ccc(N(c4ccccc4)c4ccccc4)cc31)CC2. The molecular formula is C60H53N3. The molecular weight excluding hydrogens is 763 g/mol. The molecule has 0 unspecified atom stereocenters. The Kier molecular flexibility index (Phi) is 9.32. The summed E-state index contributed by atoms with van der Waals surface area (Å²) < 4.78 is 2.46. The van der Waals surface area contributed by atoms with Crippen LogP contribution in [0.4, 0.5) is 34.1 Å². The summed E-state index contributed by atoms with van der Waals surface area (Å²) in [4.78, 5) is 4.99. The lowest BCUT2D eigenvalue weighted by Crippen LogP contribution is -2.22. The molecule has 1 atom stereocenters. The second-order valence-electron chi connectivity index (χ2n) is 18.4. The Balaban J connectivity index is 1.02. The molecule has 0 bridgehead atoms. The van der Waals surface area contributed by atoms with E-state index in [1.54, 1.807) is 0 Å². The summed E-state index contributed by atoms with van der Waals surface area (Å²) in [5.41, 5.74) is 19.6. The zero-order chi connectivity index (χ0) is 41.9. The van der Waals surface area contributed by atoms with E-state index in [-0.39, 0.29) is 5.41 Å². The van der Waals surface area contributed by atoms with Crippen LogP contribution in [0.5, 0.6) is 0 Å². The van der Waals surface area contributed by atoms with Gasteiger partial charge in [0.15, 0.2) is 0 Å². The van der Waals surface area contributed by atoms with Crippen molar-refractivity contribution in [3.8, 4) is 5.69 Å². The number of aryl methyl sites for hydroxylation is 3. The van der Waals surface area contributed by atoms with Crippen LogP contribution in [-0.2, 0) is 18.3 Å². The van der Waals surface area contributed by atoms with E-state index in [9.17, 15) is 0 Å². The van der Waals surface area contributed by atoms with Gasteiger partial charge in [-0.25, -0.2) is 0 Å². The Morgan fingerprint density at radius 1 is 0.460 bits per heavy atom. The van der Waals surface area contributed by atoms with Crippen molar-refractivity contribution in [1.29, 1.82) is 0 Å². The number of fused-ring (bicyclic) bond motifs is 7. The minimum atomic E-state index is -0.0367. The molecule has 1 fully saturated rings. The summed E-state index contributed by atoms with van der Waals surface area (Å²) in [6, 6.07) is 70.8. The molecule has 12 rings (SSSR count). The summed E-state index contributed by atoms with van der Waals surface area (Å²) in [5.74, 6) is 0.660. The van der Waals surface area contributed by atoms with E-state index in [1.165, 1.54) is 127 Å². The molecule has 3 nitrogen and oxygen atoms in total. The number of hydrogen-bond donors (Lipinski definition) is 0. The lowest BCUT2D eigenvalue weighted by molar-refractivity contribution is 0.443. The molecule has 3 aliphatic rings. The van der Waals surface area contributed by atoms with Crippen molar-refractivity contribution in [1.82, 2.24) is 4.57 Å². The summed E-state index contributed by atoms with van der Waals surface area (Å²) >= 11 is 0. The third-order valence-corrected chi connectivity index (χ3v) is 14.9. The first-order valence-corrected chi connectivity index (χ1v) is 23.3. The normalized spacial score (nSPS) is 17.0. The minimum absolute atomic E-state index is 0.0367. The zero-order valence-electron chi connectivity index (χ0n) is 36.2. The third-order valence-electron chi connectivity index (χ3n) is 14.9. The van der Waals surface area contributed by atoms with Crippen LogP contribution in [-0.4, -0.2) is 4.57 Å². The molecule has 1 spiro atoms. The predicted molar refractivity (Wildman–Crippen MR) is 265 cm³/mol. The molecule has 0 radical (unpaired) electrons. The van der Waals surface area contributed by atoms with E-state index in [1.807, 2.05) is 0 Å². The molecule has 63 heavy (non-hydrogen) atoms. The maximum absolute atomic E-state index is 2.59. The van der Waals surface area contributed by atoms with Crippen LogP contribution >= 0.6 is 0 Å². The van der Waals surface area contributed by atoms with Crippen LogP contribution in [0.25, 0.3) is 27.5 Å². The number of anilines is 6. The molecule has 3 heteroatoms. The Morgan fingerprint density at radius 2 is 1.00 bits per heavy atom. The minimum Gasteiger partial charge on any atom is -0.310 e. The largest absolute Gasteiger partial charge is 0.310 e. The van der Waals surface area contributed by atoms with Crippen LogP contribution in [0.15, 0.2) is 188 Å². The van der Waals surface area contributed by atoms with Crippen molar-refractivity contribution in [3.05, 3.63) is 221 Å². The van der Waals surface area contributed by atoms with Gasteiger partial charge in [-0.15, -0.1) is 0 Å². The predicted octanol–water partition coefficient (Wildman–Crippen LogP) is 16.3. The molecule has 1 heterocycles. The zero-order valence-corrected chi connectivity index (χ0v) is 36.2. The van der Waals surface area contributed by atoms with Crippen molar-refractivity contribution >= 4 is 55.9 Å². The first kappa shape index (κ1) is 37.9. The first-order valence-electron chi connectivity index (χ1n) is 23.3. The van der Waals surface area contributed by atoms with Gasteiger partial charge in [0.05, 0.1) is 16.7 Å². The lowest BCUT2D eigenvalue weighted by Gasteiger charge is -2.32. The summed E-state index contributed by atoms with van der Waals surface area (Å²) in [7, 11) is 0. The summed E-state index contributed by atoms with van der Waals surface area (Å²) in [6.07, 6.45) is 11.1. The average molecular weight is 816 g/mol. The Labute approximate surface area is 371 Å². The maximum Gasteiger partial charge on any atom is 0.0562 e. The van der Waals surface area contributed by atoms with Crippen molar-refractivity contribution in [2.75, 3.05) is 9.80 Å². The van der Waals surface area contributed by atoms with E-state index in [0.29, 0.717) is 5.92 Å². The van der Waals surface area contributed by atoms with Gasteiger partial charge in [-0.3, -0.25) is 0 Å². The highest BCUT2D eigenvalue weighted by molar-refractivity contribution is 6.11. The van der Waals surface area contributed by atoms with Crippen molar-refractivity contribution in [2.24, 2.45) is 0 Å². The van der Waals surface area contributed by atoms with Crippen LogP contribution < -0.4 is 9.80 Å². The second-order valence-corrected chi connectivity index (χ2v) is 18.4. The van der Waals surface area contributed by atoms with E-state index >= 15 is 0 Å². The van der Waals surface area contributed by atoms with Gasteiger partial charge in [-0.2, -0.15) is 0 Å². The highest BCUT2D eigenvalue weighted by atomic mass is 15.2. The molecule has 1 aromatic heterocycles. The number of para-hydroxylation sites is 4. The van der Waals surface area contributed by atoms with Gasteiger partial charge in [0, 0.05) is 50.3 Å². The molecule has 3 aliphatic carbocycles. The Hall–Kier alpha value is -6.84. The van der Waals surface area contributed by atoms with E-state index in [4.69, 9.17) is 0 Å². The van der Waals surface area contributed by atoms with Crippen LogP contribution in [0, 0.1) is 6.92 Å². The van der Waals surface area contributed by atoms with Crippen LogP contribution in [0.2, 0.25) is 0 Å². The van der Waals surface area contributed by atoms with Crippen LogP contribution in [0.1, 0.15) is 84.2 Å². The van der Waals surface area contributed by atoms with Gasteiger partial charge in [0.2, 0.25) is 0 Å². The quantitative estimate of drug-likeness (QED) is 0.151. The molecule has 0 aliphatic heterocycles. The molecule has 9 aromatic rings. The highest BCUT2D eigenvalue weighted by Crippen LogP contribution is 2.55. The monoisotopic (exact) mass is 815 g/mol. The van der Waals surface area contributed by atoms with Crippen molar-refractivity contribution < 1.29 is 0 Å². The number of nitrogens with zero attached hydrogens (tertiary/aromatic N) is 3.